The Morgan fingerprint density at radius 2 is 2.03 bits per heavy atom. The molecule has 1 aliphatic heterocycles. The monoisotopic (exact) mass is 428 g/mol. The lowest BCUT2D eigenvalue weighted by Crippen LogP contribution is -2.51. The van der Waals surface area contributed by atoms with Crippen molar-refractivity contribution in [1.82, 2.24) is 5.32 Å². The molecule has 1 heterocycles. The molecule has 1 aromatic rings. The fourth-order valence-electron chi connectivity index (χ4n) is 2.61. The fourth-order valence-corrected chi connectivity index (χ4v) is 2.61. The second kappa shape index (κ2) is 9.81. The van der Waals surface area contributed by atoms with E-state index in [0.29, 0.717) is 0 Å². The second-order valence-electron chi connectivity index (χ2n) is 7.66. The molecule has 30 heavy (non-hydrogen) atoms. The van der Waals surface area contributed by atoms with E-state index in [2.05, 4.69) is 15.4 Å². The lowest BCUT2D eigenvalue weighted by Gasteiger charge is -2.28. The Kier molecular flexibility index (Phi) is 7.68. The zero-order chi connectivity index (χ0) is 22.5. The van der Waals surface area contributed by atoms with Crippen molar-refractivity contribution >= 4 is 29.1 Å². The number of ether oxygens (including phenoxy) is 2. The first kappa shape index (κ1) is 23.5. The average Bonchev–Trinajstić information content (AvgIpc) is 2.65. The van der Waals surface area contributed by atoms with Crippen LogP contribution < -0.4 is 26.0 Å². The molecule has 0 bridgehead atoms. The molecule has 1 saturated heterocycles. The van der Waals surface area contributed by atoms with Crippen LogP contribution in [0.1, 0.15) is 20.8 Å². The molecule has 1 fully saturated rings. The molecule has 11 heteroatoms. The average molecular weight is 428 g/mol. The van der Waals surface area contributed by atoms with Gasteiger partial charge in [-0.3, -0.25) is 14.4 Å². The van der Waals surface area contributed by atoms with E-state index in [1.807, 2.05) is 0 Å². The molecule has 9 nitrogen and oxygen atoms in total. The van der Waals surface area contributed by atoms with Gasteiger partial charge in [-0.25, -0.2) is 0 Å². The van der Waals surface area contributed by atoms with Crippen molar-refractivity contribution in [1.29, 1.82) is 0 Å². The molecular weight excluding hydrogens is 402 g/mol. The summed E-state index contributed by atoms with van der Waals surface area (Å²) < 4.78 is 35.4. The maximum absolute atomic E-state index is 12.9. The van der Waals surface area contributed by atoms with Crippen molar-refractivity contribution in [3.05, 3.63) is 18.2 Å². The summed E-state index contributed by atoms with van der Waals surface area (Å²) >= 11 is 0. The van der Waals surface area contributed by atoms with E-state index in [1.54, 1.807) is 20.8 Å². The number of amides is 3. The van der Waals surface area contributed by atoms with Gasteiger partial charge in [0.15, 0.2) is 5.75 Å². The third-order valence-corrected chi connectivity index (χ3v) is 4.26. The van der Waals surface area contributed by atoms with Crippen LogP contribution >= 0.6 is 0 Å². The number of halogens is 2. The van der Waals surface area contributed by atoms with Crippen molar-refractivity contribution in [2.24, 2.45) is 11.1 Å². The normalized spacial score (nSPS) is 15.7. The first-order valence-corrected chi connectivity index (χ1v) is 9.31. The smallest absolute Gasteiger partial charge is 0.387 e. The lowest BCUT2D eigenvalue weighted by atomic mass is 9.95. The summed E-state index contributed by atoms with van der Waals surface area (Å²) in [7, 11) is 0. The number of nitrogens with two attached hydrogens (primary N) is 1. The van der Waals surface area contributed by atoms with Crippen LogP contribution in [0.15, 0.2) is 18.2 Å². The Morgan fingerprint density at radius 3 is 2.60 bits per heavy atom. The van der Waals surface area contributed by atoms with Gasteiger partial charge in [0, 0.05) is 30.3 Å². The van der Waals surface area contributed by atoms with Crippen LogP contribution in [0.25, 0.3) is 0 Å². The number of nitrogens with one attached hydrogen (secondary N) is 2. The topological polar surface area (TPSA) is 123 Å². The van der Waals surface area contributed by atoms with Crippen LogP contribution in [0.3, 0.4) is 0 Å². The summed E-state index contributed by atoms with van der Waals surface area (Å²) in [5.41, 5.74) is 5.15. The molecule has 0 spiro atoms. The van der Waals surface area contributed by atoms with Crippen molar-refractivity contribution < 1.29 is 32.6 Å². The summed E-state index contributed by atoms with van der Waals surface area (Å²) in [5.74, 6) is -1.66. The Morgan fingerprint density at radius 1 is 1.33 bits per heavy atom. The number of morpholine rings is 1. The number of carbonyl (C=O) groups is 3. The molecular formula is C19H26F2N4O5. The summed E-state index contributed by atoms with van der Waals surface area (Å²) in [5, 5.41) is 5.07. The SMILES string of the molecule is CC(C)(C)C(=O)N[C@@H](CN)C(=O)Nc1ccc(N2CCOCC2=O)c(OC(F)F)c1. The molecule has 0 saturated carbocycles. The molecule has 4 N–H and O–H groups in total. The number of carbonyl (C=O) groups excluding carboxylic acids is 3. The predicted octanol–water partition coefficient (Wildman–Crippen LogP) is 1.08. The van der Waals surface area contributed by atoms with Gasteiger partial charge < -0.3 is 30.7 Å². The van der Waals surface area contributed by atoms with Crippen molar-refractivity contribution in [3.8, 4) is 5.75 Å². The Labute approximate surface area is 172 Å². The number of hydrogen-bond acceptors (Lipinski definition) is 6. The Hall–Kier alpha value is -2.79. The fraction of sp³-hybridized carbons (Fsp3) is 0.526. The molecule has 0 aliphatic carbocycles. The molecule has 0 unspecified atom stereocenters. The minimum absolute atomic E-state index is 0.137. The third kappa shape index (κ3) is 6.10. The molecule has 1 aromatic carbocycles. The summed E-state index contributed by atoms with van der Waals surface area (Å²) in [6, 6.07) is 2.99. The largest absolute Gasteiger partial charge is 0.433 e. The highest BCUT2D eigenvalue weighted by molar-refractivity contribution is 5.99. The van der Waals surface area contributed by atoms with E-state index in [4.69, 9.17) is 10.5 Å². The van der Waals surface area contributed by atoms with Gasteiger partial charge in [-0.15, -0.1) is 0 Å². The van der Waals surface area contributed by atoms with E-state index in [0.717, 1.165) is 0 Å². The van der Waals surface area contributed by atoms with Gasteiger partial charge in [-0.2, -0.15) is 8.78 Å². The number of alkyl halides is 2. The molecule has 1 aliphatic rings. The summed E-state index contributed by atoms with van der Waals surface area (Å²) in [6.07, 6.45) is 0. The number of anilines is 2. The first-order chi connectivity index (χ1) is 14.0. The number of nitrogens with zero attached hydrogens (tertiary/aromatic N) is 1. The van der Waals surface area contributed by atoms with Gasteiger partial charge in [0.1, 0.15) is 12.6 Å². The zero-order valence-electron chi connectivity index (χ0n) is 17.0. The molecule has 2 rings (SSSR count). The third-order valence-electron chi connectivity index (χ3n) is 4.26. The molecule has 1 atom stereocenters. The van der Waals surface area contributed by atoms with E-state index in [-0.39, 0.29) is 49.3 Å². The van der Waals surface area contributed by atoms with Gasteiger partial charge in [-0.05, 0) is 12.1 Å². The Balaban J connectivity index is 2.21. The predicted molar refractivity (Wildman–Crippen MR) is 105 cm³/mol. The van der Waals surface area contributed by atoms with Crippen molar-refractivity contribution in [2.45, 2.75) is 33.4 Å². The van der Waals surface area contributed by atoms with E-state index < -0.39 is 29.9 Å². The van der Waals surface area contributed by atoms with Crippen LogP contribution in [0.5, 0.6) is 5.75 Å². The van der Waals surface area contributed by atoms with Crippen LogP contribution in [-0.4, -0.2) is 56.7 Å². The second-order valence-corrected chi connectivity index (χ2v) is 7.66. The molecule has 166 valence electrons. The molecule has 0 aromatic heterocycles. The van der Waals surface area contributed by atoms with Crippen molar-refractivity contribution in [3.63, 3.8) is 0 Å². The van der Waals surface area contributed by atoms with E-state index in [1.165, 1.54) is 23.1 Å². The van der Waals surface area contributed by atoms with Crippen LogP contribution in [-0.2, 0) is 19.1 Å². The number of rotatable bonds is 7. The minimum Gasteiger partial charge on any atom is -0.433 e. The quantitative estimate of drug-likeness (QED) is 0.597. The maximum atomic E-state index is 12.9. The highest BCUT2D eigenvalue weighted by atomic mass is 19.3. The summed E-state index contributed by atoms with van der Waals surface area (Å²) in [6.45, 7) is 2.04. The highest BCUT2D eigenvalue weighted by Gasteiger charge is 2.28. The van der Waals surface area contributed by atoms with Crippen molar-refractivity contribution in [2.75, 3.05) is 36.5 Å². The van der Waals surface area contributed by atoms with Crippen LogP contribution in [0, 0.1) is 5.41 Å². The van der Waals surface area contributed by atoms with Gasteiger partial charge in [0.25, 0.3) is 5.91 Å². The van der Waals surface area contributed by atoms with E-state index in [9.17, 15) is 23.2 Å². The summed E-state index contributed by atoms with van der Waals surface area (Å²) in [4.78, 5) is 37.9. The van der Waals surface area contributed by atoms with Gasteiger partial charge >= 0.3 is 6.61 Å². The van der Waals surface area contributed by atoms with Crippen LogP contribution in [0.4, 0.5) is 20.2 Å². The number of benzene rings is 1. The molecule has 3 amide bonds. The molecule has 0 radical (unpaired) electrons. The first-order valence-electron chi connectivity index (χ1n) is 9.31. The highest BCUT2D eigenvalue weighted by Crippen LogP contribution is 2.33. The van der Waals surface area contributed by atoms with Gasteiger partial charge in [0.2, 0.25) is 11.8 Å². The maximum Gasteiger partial charge on any atom is 0.387 e. The van der Waals surface area contributed by atoms with Gasteiger partial charge in [-0.1, -0.05) is 20.8 Å². The zero-order valence-corrected chi connectivity index (χ0v) is 17.0. The standard InChI is InChI=1S/C19H26F2N4O5/c1-19(2,3)17(28)24-12(9-22)16(27)23-11-4-5-13(14(8-11)30-18(20)21)25-6-7-29-10-15(25)26/h4-5,8,12,18H,6-7,9-10,22H2,1-3H3,(H,23,27)(H,24,28)/t12-/m0/s1. The number of hydrogen-bond donors (Lipinski definition) is 3. The Bertz CT molecular complexity index is 798. The van der Waals surface area contributed by atoms with Gasteiger partial charge in [0.05, 0.1) is 12.3 Å². The lowest BCUT2D eigenvalue weighted by molar-refractivity contribution is -0.131. The van der Waals surface area contributed by atoms with E-state index >= 15 is 0 Å². The van der Waals surface area contributed by atoms with Crippen LogP contribution in [0.2, 0.25) is 0 Å². The minimum atomic E-state index is -3.13.